The fourth-order valence-electron chi connectivity index (χ4n) is 1.76. The van der Waals surface area contributed by atoms with Crippen LogP contribution in [0.4, 0.5) is 0 Å². The minimum atomic E-state index is -0.203. The number of rotatable bonds is 5. The molecule has 1 N–H and O–H groups in total. The highest BCUT2D eigenvalue weighted by Gasteiger charge is 2.11. The Morgan fingerprint density at radius 2 is 2.22 bits per heavy atom. The van der Waals surface area contributed by atoms with Crippen LogP contribution in [0.25, 0.3) is 10.1 Å². The summed E-state index contributed by atoms with van der Waals surface area (Å²) in [5, 5.41) is 4.43. The number of hydrogen-bond donors (Lipinski definition) is 1. The summed E-state index contributed by atoms with van der Waals surface area (Å²) in [7, 11) is 0. The number of carbonyl (C=O) groups excluding carboxylic acids is 1. The Labute approximate surface area is 111 Å². The van der Waals surface area contributed by atoms with Gasteiger partial charge >= 0.3 is 5.97 Å². The molecule has 18 heavy (non-hydrogen) atoms. The molecular weight excluding hydrogens is 246 g/mol. The van der Waals surface area contributed by atoms with Gasteiger partial charge in [0.25, 0.3) is 0 Å². The zero-order valence-electron chi connectivity index (χ0n) is 10.6. The van der Waals surface area contributed by atoms with Gasteiger partial charge in [-0.3, -0.25) is 10.1 Å². The number of thiophene rings is 1. The molecule has 1 unspecified atom stereocenters. The predicted molar refractivity (Wildman–Crippen MR) is 74.9 cm³/mol. The molecule has 0 saturated heterocycles. The second-order valence-corrected chi connectivity index (χ2v) is 5.21. The molecule has 2 aromatic rings. The molecule has 1 atom stereocenters. The number of esters is 1. The van der Waals surface area contributed by atoms with Crippen molar-refractivity contribution in [2.45, 2.75) is 19.9 Å². The van der Waals surface area contributed by atoms with E-state index in [1.807, 2.05) is 19.1 Å². The lowest BCUT2D eigenvalue weighted by atomic mass is 10.2. The topological polar surface area (TPSA) is 38.3 Å². The van der Waals surface area contributed by atoms with Gasteiger partial charge in [0, 0.05) is 15.6 Å². The third-order valence-corrected chi connectivity index (χ3v) is 4.03. The van der Waals surface area contributed by atoms with E-state index < -0.39 is 0 Å². The van der Waals surface area contributed by atoms with Gasteiger partial charge in [-0.05, 0) is 31.4 Å². The van der Waals surface area contributed by atoms with E-state index in [0.29, 0.717) is 6.61 Å². The van der Waals surface area contributed by atoms with Crippen LogP contribution in [0, 0.1) is 0 Å². The molecule has 2 rings (SSSR count). The summed E-state index contributed by atoms with van der Waals surface area (Å²) in [6.07, 6.45) is 0. The van der Waals surface area contributed by atoms with Gasteiger partial charge in [0.05, 0.1) is 13.2 Å². The van der Waals surface area contributed by atoms with Crippen LogP contribution in [0.5, 0.6) is 0 Å². The van der Waals surface area contributed by atoms with Gasteiger partial charge < -0.3 is 4.74 Å². The highest BCUT2D eigenvalue weighted by molar-refractivity contribution is 7.19. The normalized spacial score (nSPS) is 12.6. The molecule has 1 heterocycles. The number of benzene rings is 1. The van der Waals surface area contributed by atoms with Crippen LogP contribution in [0.15, 0.2) is 30.3 Å². The van der Waals surface area contributed by atoms with Crippen LogP contribution >= 0.6 is 11.3 Å². The van der Waals surface area contributed by atoms with Gasteiger partial charge in [0.15, 0.2) is 0 Å². The lowest BCUT2D eigenvalue weighted by molar-refractivity contribution is -0.142. The second-order valence-electron chi connectivity index (χ2n) is 4.09. The Morgan fingerprint density at radius 1 is 1.44 bits per heavy atom. The number of fused-ring (bicyclic) bond motifs is 1. The van der Waals surface area contributed by atoms with Crippen LogP contribution in [0.2, 0.25) is 0 Å². The van der Waals surface area contributed by atoms with Crippen molar-refractivity contribution in [3.63, 3.8) is 0 Å². The quantitative estimate of drug-likeness (QED) is 0.842. The Kier molecular flexibility index (Phi) is 4.33. The molecule has 3 nitrogen and oxygen atoms in total. The van der Waals surface area contributed by atoms with Crippen LogP contribution < -0.4 is 5.32 Å². The molecule has 0 saturated carbocycles. The summed E-state index contributed by atoms with van der Waals surface area (Å²) in [6.45, 7) is 4.55. The lowest BCUT2D eigenvalue weighted by Gasteiger charge is -2.10. The molecular formula is C14H17NO2S. The second kappa shape index (κ2) is 5.98. The van der Waals surface area contributed by atoms with E-state index in [9.17, 15) is 4.79 Å². The van der Waals surface area contributed by atoms with Crippen LogP contribution in [-0.4, -0.2) is 19.1 Å². The molecule has 0 aliphatic heterocycles. The van der Waals surface area contributed by atoms with Gasteiger partial charge in [-0.25, -0.2) is 0 Å². The van der Waals surface area contributed by atoms with E-state index in [2.05, 4.69) is 30.4 Å². The van der Waals surface area contributed by atoms with E-state index >= 15 is 0 Å². The number of hydrogen-bond acceptors (Lipinski definition) is 4. The van der Waals surface area contributed by atoms with Crippen LogP contribution in [-0.2, 0) is 9.53 Å². The van der Waals surface area contributed by atoms with E-state index in [-0.39, 0.29) is 18.6 Å². The molecule has 0 amide bonds. The van der Waals surface area contributed by atoms with Crippen LogP contribution in [0.3, 0.4) is 0 Å². The van der Waals surface area contributed by atoms with Gasteiger partial charge in [-0.2, -0.15) is 0 Å². The van der Waals surface area contributed by atoms with E-state index in [4.69, 9.17) is 4.74 Å². The summed E-state index contributed by atoms with van der Waals surface area (Å²) >= 11 is 1.76. The SMILES string of the molecule is CCOC(=O)CNC(C)c1cc2ccccc2s1. The predicted octanol–water partition coefficient (Wildman–Crippen LogP) is 3.12. The van der Waals surface area contributed by atoms with Crippen molar-refractivity contribution in [3.05, 3.63) is 35.2 Å². The third-order valence-electron chi connectivity index (χ3n) is 2.73. The van der Waals surface area contributed by atoms with Crippen molar-refractivity contribution in [3.8, 4) is 0 Å². The van der Waals surface area contributed by atoms with Crippen molar-refractivity contribution in [1.82, 2.24) is 5.32 Å². The maximum atomic E-state index is 11.3. The van der Waals surface area contributed by atoms with Gasteiger partial charge in [0.2, 0.25) is 0 Å². The van der Waals surface area contributed by atoms with Gasteiger partial charge in [-0.15, -0.1) is 11.3 Å². The standard InChI is InChI=1S/C14H17NO2S/c1-3-17-14(16)9-15-10(2)13-8-11-6-4-5-7-12(11)18-13/h4-8,10,15H,3,9H2,1-2H3. The maximum Gasteiger partial charge on any atom is 0.319 e. The zero-order valence-corrected chi connectivity index (χ0v) is 11.4. The monoisotopic (exact) mass is 263 g/mol. The van der Waals surface area contributed by atoms with E-state index in [1.165, 1.54) is 15.0 Å². The number of nitrogens with one attached hydrogen (secondary N) is 1. The Bertz CT molecular complexity index is 502. The summed E-state index contributed by atoms with van der Waals surface area (Å²) in [6, 6.07) is 10.6. The number of ether oxygens (including phenoxy) is 1. The smallest absolute Gasteiger partial charge is 0.319 e. The fourth-order valence-corrected chi connectivity index (χ4v) is 2.86. The first-order chi connectivity index (χ1) is 8.70. The van der Waals surface area contributed by atoms with Crippen molar-refractivity contribution >= 4 is 27.4 Å². The third kappa shape index (κ3) is 3.09. The van der Waals surface area contributed by atoms with E-state index in [0.717, 1.165) is 0 Å². The van der Waals surface area contributed by atoms with Crippen molar-refractivity contribution in [2.75, 3.05) is 13.2 Å². The largest absolute Gasteiger partial charge is 0.465 e. The summed E-state index contributed by atoms with van der Waals surface area (Å²) in [5.74, 6) is -0.203. The Hall–Kier alpha value is -1.39. The molecule has 96 valence electrons. The fraction of sp³-hybridized carbons (Fsp3) is 0.357. The maximum absolute atomic E-state index is 11.3. The summed E-state index contributed by atoms with van der Waals surface area (Å²) in [4.78, 5) is 12.5. The van der Waals surface area contributed by atoms with Crippen LogP contribution in [0.1, 0.15) is 24.8 Å². The average molecular weight is 263 g/mol. The highest BCUT2D eigenvalue weighted by atomic mass is 32.1. The lowest BCUT2D eigenvalue weighted by Crippen LogP contribution is -2.26. The minimum Gasteiger partial charge on any atom is -0.465 e. The Morgan fingerprint density at radius 3 is 2.94 bits per heavy atom. The molecule has 1 aromatic heterocycles. The summed E-state index contributed by atoms with van der Waals surface area (Å²) < 4.78 is 6.16. The average Bonchev–Trinajstić information content (AvgIpc) is 2.80. The Balaban J connectivity index is 2.00. The molecule has 4 heteroatoms. The van der Waals surface area contributed by atoms with Gasteiger partial charge in [-0.1, -0.05) is 18.2 Å². The van der Waals surface area contributed by atoms with Gasteiger partial charge in [0.1, 0.15) is 0 Å². The molecule has 1 aromatic carbocycles. The molecule has 0 aliphatic rings. The first kappa shape index (κ1) is 13.1. The molecule has 0 aliphatic carbocycles. The van der Waals surface area contributed by atoms with Crippen molar-refractivity contribution in [1.29, 1.82) is 0 Å². The van der Waals surface area contributed by atoms with Crippen molar-refractivity contribution in [2.24, 2.45) is 0 Å². The van der Waals surface area contributed by atoms with E-state index in [1.54, 1.807) is 11.3 Å². The zero-order chi connectivity index (χ0) is 13.0. The first-order valence-electron chi connectivity index (χ1n) is 6.08. The van der Waals surface area contributed by atoms with Crippen molar-refractivity contribution < 1.29 is 9.53 Å². The molecule has 0 fully saturated rings. The molecule has 0 spiro atoms. The number of carbonyl (C=O) groups is 1. The molecule has 0 radical (unpaired) electrons. The highest BCUT2D eigenvalue weighted by Crippen LogP contribution is 2.29. The minimum absolute atomic E-state index is 0.159. The first-order valence-corrected chi connectivity index (χ1v) is 6.90. The molecule has 0 bridgehead atoms. The summed E-state index contributed by atoms with van der Waals surface area (Å²) in [5.41, 5.74) is 0.